The van der Waals surface area contributed by atoms with E-state index in [-0.39, 0.29) is 40.9 Å². The highest BCUT2D eigenvalue weighted by molar-refractivity contribution is 5.94. The number of esters is 1. The second kappa shape index (κ2) is 12.3. The summed E-state index contributed by atoms with van der Waals surface area (Å²) < 4.78 is 42.4. The Bertz CT molecular complexity index is 2080. The van der Waals surface area contributed by atoms with Crippen molar-refractivity contribution in [2.24, 2.45) is 5.73 Å². The highest BCUT2D eigenvalue weighted by Crippen LogP contribution is 2.45. The van der Waals surface area contributed by atoms with Crippen LogP contribution in [0, 0.1) is 17.1 Å². The number of benzene rings is 4. The molecule has 1 aliphatic heterocycles. The number of nitrogens with zero attached hydrogens (tertiary/aromatic N) is 1. The van der Waals surface area contributed by atoms with Crippen molar-refractivity contribution < 1.29 is 32.5 Å². The number of rotatable bonds is 8. The zero-order valence-corrected chi connectivity index (χ0v) is 23.9. The molecule has 224 valence electrons. The average Bonchev–Trinajstić information content (AvgIpc) is 3.04. The number of nitriles is 1. The Labute approximate surface area is 256 Å². The number of hydrogen-bond donors (Lipinski definition) is 1. The molecule has 4 aromatic carbocycles. The van der Waals surface area contributed by atoms with Gasteiger partial charge in [0.15, 0.2) is 11.5 Å². The molecule has 0 saturated heterocycles. The lowest BCUT2D eigenvalue weighted by Crippen LogP contribution is -2.22. The van der Waals surface area contributed by atoms with Crippen LogP contribution in [-0.4, -0.2) is 12.6 Å². The molecule has 2 heterocycles. The summed E-state index contributed by atoms with van der Waals surface area (Å²) in [7, 11) is 0. The van der Waals surface area contributed by atoms with Gasteiger partial charge in [0, 0.05) is 22.6 Å². The highest BCUT2D eigenvalue weighted by Gasteiger charge is 2.32. The van der Waals surface area contributed by atoms with E-state index in [1.54, 1.807) is 66.7 Å². The van der Waals surface area contributed by atoms with Crippen LogP contribution in [0.25, 0.3) is 11.0 Å². The number of nitrogens with two attached hydrogens (primary N) is 1. The maximum atomic E-state index is 14.1. The summed E-state index contributed by atoms with van der Waals surface area (Å²) in [6, 6.07) is 26.5. The lowest BCUT2D eigenvalue weighted by Gasteiger charge is -2.27. The number of para-hydroxylation sites is 1. The first-order chi connectivity index (χ1) is 21.9. The van der Waals surface area contributed by atoms with E-state index in [1.165, 1.54) is 24.3 Å². The largest absolute Gasteiger partial charge is 0.490 e. The first-order valence-corrected chi connectivity index (χ1v) is 14.0. The molecule has 0 fully saturated rings. The third-order valence-electron chi connectivity index (χ3n) is 7.20. The molecule has 45 heavy (non-hydrogen) atoms. The summed E-state index contributed by atoms with van der Waals surface area (Å²) in [6.45, 7) is 2.14. The minimum Gasteiger partial charge on any atom is -0.490 e. The maximum absolute atomic E-state index is 14.1. The van der Waals surface area contributed by atoms with Crippen molar-refractivity contribution in [3.8, 4) is 29.1 Å². The average molecular weight is 605 g/mol. The van der Waals surface area contributed by atoms with Crippen molar-refractivity contribution in [3.05, 3.63) is 141 Å². The summed E-state index contributed by atoms with van der Waals surface area (Å²) in [6.07, 6.45) is 0. The number of carbonyl (C=O) groups is 1. The van der Waals surface area contributed by atoms with Crippen molar-refractivity contribution in [3.63, 3.8) is 0 Å². The van der Waals surface area contributed by atoms with E-state index in [9.17, 15) is 19.2 Å². The molecule has 1 aliphatic rings. The van der Waals surface area contributed by atoms with Gasteiger partial charge in [-0.3, -0.25) is 0 Å². The summed E-state index contributed by atoms with van der Waals surface area (Å²) in [4.78, 5) is 25.4. The molecular weight excluding hydrogens is 579 g/mol. The van der Waals surface area contributed by atoms with Crippen LogP contribution in [0.2, 0.25) is 0 Å². The lowest BCUT2D eigenvalue weighted by molar-refractivity contribution is 0.0730. The predicted octanol–water partition coefficient (Wildman–Crippen LogP) is 6.35. The van der Waals surface area contributed by atoms with Crippen molar-refractivity contribution in [1.29, 1.82) is 5.26 Å². The molecule has 6 rings (SSSR count). The predicted molar refractivity (Wildman–Crippen MR) is 162 cm³/mol. The van der Waals surface area contributed by atoms with Crippen LogP contribution in [0.5, 0.6) is 23.0 Å². The molecule has 0 amide bonds. The van der Waals surface area contributed by atoms with Gasteiger partial charge in [-0.1, -0.05) is 48.5 Å². The van der Waals surface area contributed by atoms with E-state index in [0.717, 1.165) is 0 Å². The van der Waals surface area contributed by atoms with Crippen LogP contribution >= 0.6 is 0 Å². The molecule has 1 atom stereocenters. The second-order valence-corrected chi connectivity index (χ2v) is 10.0. The smallest absolute Gasteiger partial charge is 0.351 e. The highest BCUT2D eigenvalue weighted by atomic mass is 19.1. The third kappa shape index (κ3) is 5.79. The molecule has 1 unspecified atom stereocenters. The number of fused-ring (bicyclic) bond motifs is 2. The van der Waals surface area contributed by atoms with Crippen LogP contribution in [0.4, 0.5) is 4.39 Å². The molecule has 9 nitrogen and oxygen atoms in total. The van der Waals surface area contributed by atoms with Crippen LogP contribution in [0.3, 0.4) is 0 Å². The van der Waals surface area contributed by atoms with E-state index < -0.39 is 17.5 Å². The van der Waals surface area contributed by atoms with Crippen molar-refractivity contribution >= 4 is 16.9 Å². The fourth-order valence-electron chi connectivity index (χ4n) is 5.07. The van der Waals surface area contributed by atoms with Crippen molar-refractivity contribution in [2.75, 3.05) is 6.61 Å². The van der Waals surface area contributed by atoms with Gasteiger partial charge in [-0.25, -0.2) is 14.0 Å². The van der Waals surface area contributed by atoms with Crippen molar-refractivity contribution in [1.82, 2.24) is 0 Å². The Balaban J connectivity index is 1.30. The zero-order valence-electron chi connectivity index (χ0n) is 23.9. The minimum absolute atomic E-state index is 0.00880. The van der Waals surface area contributed by atoms with Crippen LogP contribution < -0.4 is 30.3 Å². The quantitative estimate of drug-likeness (QED) is 0.122. The summed E-state index contributed by atoms with van der Waals surface area (Å²) in [5, 5.41) is 10.6. The molecule has 10 heteroatoms. The van der Waals surface area contributed by atoms with E-state index in [0.29, 0.717) is 45.8 Å². The fraction of sp³-hybridized carbons (Fsp3) is 0.114. The molecular formula is C35H25FN2O7. The molecule has 2 N–H and O–H groups in total. The Kier molecular flexibility index (Phi) is 7.91. The molecule has 0 saturated carbocycles. The first-order valence-electron chi connectivity index (χ1n) is 14.0. The van der Waals surface area contributed by atoms with Gasteiger partial charge in [0.2, 0.25) is 5.88 Å². The van der Waals surface area contributed by atoms with Crippen LogP contribution in [0.1, 0.15) is 39.9 Å². The molecule has 5 aromatic rings. The number of ether oxygens (including phenoxy) is 4. The van der Waals surface area contributed by atoms with Gasteiger partial charge >= 0.3 is 11.6 Å². The fourth-order valence-corrected chi connectivity index (χ4v) is 5.07. The van der Waals surface area contributed by atoms with Gasteiger partial charge < -0.3 is 29.1 Å². The summed E-state index contributed by atoms with van der Waals surface area (Å²) in [5.74, 6) is -0.925. The number of carbonyl (C=O) groups excluding carboxylic acids is 1. The normalized spacial score (nSPS) is 13.8. The van der Waals surface area contributed by atoms with E-state index in [2.05, 4.69) is 6.07 Å². The van der Waals surface area contributed by atoms with Gasteiger partial charge in [0.1, 0.15) is 46.7 Å². The Hall–Kier alpha value is -6.08. The molecule has 0 spiro atoms. The minimum atomic E-state index is -0.907. The Morgan fingerprint density at radius 2 is 1.78 bits per heavy atom. The molecule has 0 radical (unpaired) electrons. The maximum Gasteiger partial charge on any atom is 0.351 e. The number of halogens is 1. The molecule has 0 bridgehead atoms. The van der Waals surface area contributed by atoms with Gasteiger partial charge in [0.05, 0.1) is 12.5 Å². The van der Waals surface area contributed by atoms with Crippen LogP contribution in [0.15, 0.2) is 112 Å². The standard InChI is InChI=1S/C35H25FN2O7/c1-2-41-31-16-21(11-14-29(31)42-19-22-8-3-5-9-27(22)36)32-24-13-12-23(17-30(24)44-33(38)26(32)18-37)43-34(39)25-15-20-7-4-6-10-28(20)45-35(25)40/h3-17,32H,2,19,38H2,1H3. The van der Waals surface area contributed by atoms with Crippen molar-refractivity contribution in [2.45, 2.75) is 19.4 Å². The Morgan fingerprint density at radius 1 is 0.978 bits per heavy atom. The van der Waals surface area contributed by atoms with Gasteiger partial charge in [-0.05, 0) is 48.9 Å². The van der Waals surface area contributed by atoms with Crippen LogP contribution in [-0.2, 0) is 6.61 Å². The van der Waals surface area contributed by atoms with E-state index >= 15 is 0 Å². The number of allylic oxidation sites excluding steroid dienone is 1. The van der Waals surface area contributed by atoms with Gasteiger partial charge in [0.25, 0.3) is 0 Å². The molecule has 0 aliphatic carbocycles. The topological polar surface area (TPSA) is 134 Å². The van der Waals surface area contributed by atoms with Gasteiger partial charge in [-0.2, -0.15) is 5.26 Å². The first kappa shape index (κ1) is 29.0. The van der Waals surface area contributed by atoms with E-state index in [1.807, 2.05) is 6.92 Å². The molecule has 1 aromatic heterocycles. The lowest BCUT2D eigenvalue weighted by atomic mass is 9.83. The zero-order chi connectivity index (χ0) is 31.5. The number of hydrogen-bond acceptors (Lipinski definition) is 9. The monoisotopic (exact) mass is 604 g/mol. The van der Waals surface area contributed by atoms with Gasteiger partial charge in [-0.15, -0.1) is 0 Å². The Morgan fingerprint density at radius 3 is 2.58 bits per heavy atom. The summed E-state index contributed by atoms with van der Waals surface area (Å²) in [5.41, 5.74) is 7.22. The summed E-state index contributed by atoms with van der Waals surface area (Å²) >= 11 is 0. The SMILES string of the molecule is CCOc1cc(C2C(C#N)=C(N)Oc3cc(OC(=O)c4cc5ccccc5oc4=O)ccc32)ccc1OCc1ccccc1F. The van der Waals surface area contributed by atoms with E-state index in [4.69, 9.17) is 29.1 Å². The third-order valence-corrected chi connectivity index (χ3v) is 7.20. The second-order valence-electron chi connectivity index (χ2n) is 10.0.